The van der Waals surface area contributed by atoms with Gasteiger partial charge in [-0.25, -0.2) is 9.00 Å². The molecule has 0 radical (unpaired) electrons. The third kappa shape index (κ3) is 5.65. The lowest BCUT2D eigenvalue weighted by atomic mass is 10.0. The molecule has 9 heteroatoms. The van der Waals surface area contributed by atoms with Crippen LogP contribution in [-0.2, 0) is 15.7 Å². The molecule has 0 spiro atoms. The summed E-state index contributed by atoms with van der Waals surface area (Å²) < 4.78 is 21.5. The molecule has 0 bridgehead atoms. The van der Waals surface area contributed by atoms with Crippen molar-refractivity contribution in [3.05, 3.63) is 48.7 Å². The van der Waals surface area contributed by atoms with Crippen LogP contribution < -0.4 is 14.9 Å². The predicted octanol–water partition coefficient (Wildman–Crippen LogP) is 4.61. The van der Waals surface area contributed by atoms with Gasteiger partial charge in [0.2, 0.25) is 0 Å². The minimum absolute atomic E-state index is 0.261. The number of aromatic nitrogens is 2. The molecule has 8 nitrogen and oxygen atoms in total. The van der Waals surface area contributed by atoms with Crippen molar-refractivity contribution in [2.45, 2.75) is 45.3 Å². The summed E-state index contributed by atoms with van der Waals surface area (Å²) in [6.45, 7) is 7.30. The number of nitrogens with zero attached hydrogens (tertiary/aromatic N) is 3. The summed E-state index contributed by atoms with van der Waals surface area (Å²) in [5.41, 5.74) is 3.07. The van der Waals surface area contributed by atoms with E-state index in [0.29, 0.717) is 5.52 Å². The number of anilines is 3. The summed E-state index contributed by atoms with van der Waals surface area (Å²) in [7, 11) is -1.13. The average Bonchev–Trinajstić information content (AvgIpc) is 3.16. The Hall–Kier alpha value is -3.07. The van der Waals surface area contributed by atoms with E-state index in [1.165, 1.54) is 4.68 Å². The number of piperidine rings is 1. The summed E-state index contributed by atoms with van der Waals surface area (Å²) in [4.78, 5) is 14.8. The van der Waals surface area contributed by atoms with E-state index in [9.17, 15) is 9.00 Å². The zero-order valence-corrected chi connectivity index (χ0v) is 20.3. The lowest BCUT2D eigenvalue weighted by molar-refractivity contribution is 0.0522. The molecule has 4 rings (SSSR count). The molecule has 0 saturated carbocycles. The van der Waals surface area contributed by atoms with E-state index in [-0.39, 0.29) is 6.04 Å². The normalized spacial score (nSPS) is 17.6. The highest BCUT2D eigenvalue weighted by molar-refractivity contribution is 7.85. The summed E-state index contributed by atoms with van der Waals surface area (Å²) >= 11 is 0. The predicted molar refractivity (Wildman–Crippen MR) is 134 cm³/mol. The van der Waals surface area contributed by atoms with Crippen molar-refractivity contribution >= 4 is 45.0 Å². The molecular weight excluding hydrogens is 438 g/mol. The smallest absolute Gasteiger partial charge is 0.435 e. The lowest BCUT2D eigenvalue weighted by Crippen LogP contribution is -2.42. The first-order valence-corrected chi connectivity index (χ1v) is 12.7. The number of fused-ring (bicyclic) bond motifs is 1. The van der Waals surface area contributed by atoms with Gasteiger partial charge in [0.25, 0.3) is 0 Å². The largest absolute Gasteiger partial charge is 0.442 e. The number of nitrogens with one attached hydrogen (secondary N) is 2. The van der Waals surface area contributed by atoms with Gasteiger partial charge in [-0.05, 0) is 63.9 Å². The van der Waals surface area contributed by atoms with E-state index in [1.807, 2.05) is 57.2 Å². The molecule has 1 aromatic heterocycles. The van der Waals surface area contributed by atoms with Crippen molar-refractivity contribution in [3.63, 3.8) is 0 Å². The molecule has 1 fully saturated rings. The van der Waals surface area contributed by atoms with Crippen LogP contribution in [-0.4, -0.2) is 51.1 Å². The maximum absolute atomic E-state index is 12.4. The highest BCUT2D eigenvalue weighted by Crippen LogP contribution is 2.30. The molecule has 2 N–H and O–H groups in total. The van der Waals surface area contributed by atoms with Gasteiger partial charge in [0.1, 0.15) is 16.6 Å². The number of para-hydroxylation sites is 2. The zero-order valence-electron chi connectivity index (χ0n) is 19.5. The van der Waals surface area contributed by atoms with Crippen LogP contribution in [0.25, 0.3) is 10.9 Å². The second kappa shape index (κ2) is 9.43. The van der Waals surface area contributed by atoms with E-state index >= 15 is 0 Å². The molecule has 2 heterocycles. The number of rotatable bonds is 5. The van der Waals surface area contributed by atoms with Gasteiger partial charge in [-0.1, -0.05) is 12.1 Å². The average molecular weight is 470 g/mol. The number of benzene rings is 2. The number of carbonyl (C=O) groups is 1. The number of carbonyl (C=O) groups excluding carboxylic acids is 1. The Kier molecular flexibility index (Phi) is 6.60. The Morgan fingerprint density at radius 3 is 2.76 bits per heavy atom. The van der Waals surface area contributed by atoms with Crippen molar-refractivity contribution < 1.29 is 13.7 Å². The van der Waals surface area contributed by atoms with Crippen molar-refractivity contribution in [2.75, 3.05) is 34.3 Å². The molecule has 1 aliphatic rings. The summed E-state index contributed by atoms with van der Waals surface area (Å²) in [6.07, 6.45) is 4.95. The Labute approximate surface area is 196 Å². The van der Waals surface area contributed by atoms with Gasteiger partial charge in [0, 0.05) is 36.5 Å². The monoisotopic (exact) mass is 469 g/mol. The Morgan fingerprint density at radius 1 is 1.21 bits per heavy atom. The van der Waals surface area contributed by atoms with Gasteiger partial charge in [-0.15, -0.1) is 0 Å². The number of ether oxygens (including phenoxy) is 1. The van der Waals surface area contributed by atoms with Crippen molar-refractivity contribution in [1.82, 2.24) is 9.78 Å². The van der Waals surface area contributed by atoms with Gasteiger partial charge in [0.05, 0.1) is 23.1 Å². The molecule has 3 aromatic rings. The first-order chi connectivity index (χ1) is 15.7. The highest BCUT2D eigenvalue weighted by Gasteiger charge is 2.23. The maximum Gasteiger partial charge on any atom is 0.435 e. The van der Waals surface area contributed by atoms with Crippen LogP contribution >= 0.6 is 0 Å². The second-order valence-corrected chi connectivity index (χ2v) is 10.4. The molecular formula is C24H31N5O3S. The third-order valence-corrected chi connectivity index (χ3v) is 5.93. The minimum atomic E-state index is -1.13. The Morgan fingerprint density at radius 2 is 2.00 bits per heavy atom. The number of hydrogen-bond acceptors (Lipinski definition) is 6. The van der Waals surface area contributed by atoms with Crippen molar-refractivity contribution in [2.24, 2.45) is 0 Å². The van der Waals surface area contributed by atoms with Gasteiger partial charge >= 0.3 is 6.09 Å². The van der Waals surface area contributed by atoms with Crippen LogP contribution in [0.15, 0.2) is 48.7 Å². The molecule has 0 aliphatic carbocycles. The van der Waals surface area contributed by atoms with E-state index in [0.717, 1.165) is 48.4 Å². The van der Waals surface area contributed by atoms with Crippen LogP contribution in [0, 0.1) is 0 Å². The van der Waals surface area contributed by atoms with Gasteiger partial charge in [-0.3, -0.25) is 0 Å². The van der Waals surface area contributed by atoms with Crippen molar-refractivity contribution in [3.8, 4) is 0 Å². The molecule has 0 amide bonds. The fourth-order valence-electron chi connectivity index (χ4n) is 4.11. The quantitative estimate of drug-likeness (QED) is 0.568. The Balaban J connectivity index is 1.48. The van der Waals surface area contributed by atoms with Gasteiger partial charge in [0.15, 0.2) is 0 Å². The van der Waals surface area contributed by atoms with Crippen molar-refractivity contribution in [1.29, 1.82) is 0 Å². The van der Waals surface area contributed by atoms with E-state index in [2.05, 4.69) is 26.1 Å². The standard InChI is InChI=1S/C24H31N5O3S/c1-24(2,3)32-23(30)29-21-12-11-18(14-17(21)15-25-29)26-19-8-7-13-28(16-19)22-10-6-5-9-20(22)27-33(4)31/h5-6,9-12,14-15,19,26-27H,7-8,13,16H2,1-4H3. The highest BCUT2D eigenvalue weighted by atomic mass is 32.2. The second-order valence-electron chi connectivity index (χ2n) is 9.31. The topological polar surface area (TPSA) is 88.5 Å². The van der Waals surface area contributed by atoms with Crippen LogP contribution in [0.2, 0.25) is 0 Å². The van der Waals surface area contributed by atoms with Gasteiger partial charge < -0.3 is 19.7 Å². The molecule has 1 saturated heterocycles. The fourth-order valence-corrected chi connectivity index (χ4v) is 4.60. The zero-order chi connectivity index (χ0) is 23.6. The lowest BCUT2D eigenvalue weighted by Gasteiger charge is -2.36. The molecule has 2 unspecified atom stereocenters. The van der Waals surface area contributed by atoms with Crippen LogP contribution in [0.4, 0.5) is 21.9 Å². The molecule has 2 aromatic carbocycles. The molecule has 176 valence electrons. The van der Waals surface area contributed by atoms with Crippen LogP contribution in [0.3, 0.4) is 0 Å². The first-order valence-electron chi connectivity index (χ1n) is 11.1. The third-order valence-electron chi connectivity index (χ3n) is 5.43. The van der Waals surface area contributed by atoms with E-state index < -0.39 is 22.7 Å². The fraction of sp³-hybridized carbons (Fsp3) is 0.417. The first kappa shape index (κ1) is 23.1. The molecule has 1 aliphatic heterocycles. The SMILES string of the molecule is CS(=O)Nc1ccccc1N1CCCC(Nc2ccc3c(cnn3C(=O)OC(C)(C)C)c2)C1. The summed E-state index contributed by atoms with van der Waals surface area (Å²) in [5, 5.41) is 8.73. The molecule has 2 atom stereocenters. The van der Waals surface area contributed by atoms with E-state index in [1.54, 1.807) is 12.5 Å². The van der Waals surface area contributed by atoms with Crippen LogP contribution in [0.5, 0.6) is 0 Å². The van der Waals surface area contributed by atoms with Crippen LogP contribution in [0.1, 0.15) is 33.6 Å². The summed E-state index contributed by atoms with van der Waals surface area (Å²) in [5.74, 6) is 0. The number of hydrogen-bond donors (Lipinski definition) is 2. The van der Waals surface area contributed by atoms with Gasteiger partial charge in [-0.2, -0.15) is 9.78 Å². The minimum Gasteiger partial charge on any atom is -0.442 e. The summed E-state index contributed by atoms with van der Waals surface area (Å²) in [6, 6.07) is 14.1. The van der Waals surface area contributed by atoms with E-state index in [4.69, 9.17) is 4.74 Å². The Bertz CT molecular complexity index is 1170. The maximum atomic E-state index is 12.4. The molecule has 33 heavy (non-hydrogen) atoms.